The van der Waals surface area contributed by atoms with Crippen LogP contribution in [0, 0.1) is 0 Å². The van der Waals surface area contributed by atoms with E-state index in [4.69, 9.17) is 4.42 Å². The molecular formula is C18H23NO2. The third-order valence-corrected chi connectivity index (χ3v) is 5.74. The Kier molecular flexibility index (Phi) is 2.92. The summed E-state index contributed by atoms with van der Waals surface area (Å²) in [4.78, 5) is 0. The Bertz CT molecular complexity index is 669. The minimum atomic E-state index is -0.568. The van der Waals surface area contributed by atoms with Crippen LogP contribution in [0.5, 0.6) is 0 Å². The van der Waals surface area contributed by atoms with Crippen LogP contribution in [0.15, 0.2) is 28.9 Å². The van der Waals surface area contributed by atoms with E-state index in [1.165, 1.54) is 22.9 Å². The molecular weight excluding hydrogens is 262 g/mol. The van der Waals surface area contributed by atoms with Crippen molar-refractivity contribution in [2.24, 2.45) is 0 Å². The molecule has 0 bridgehead atoms. The highest BCUT2D eigenvalue weighted by molar-refractivity contribution is 5.81. The summed E-state index contributed by atoms with van der Waals surface area (Å²) in [5.41, 5.74) is 2.90. The topological polar surface area (TPSA) is 45.4 Å². The molecule has 1 unspecified atom stereocenters. The molecule has 1 heterocycles. The highest BCUT2D eigenvalue weighted by atomic mass is 16.3. The molecule has 1 aromatic heterocycles. The first-order chi connectivity index (χ1) is 10.2. The van der Waals surface area contributed by atoms with Crippen LogP contribution in [-0.2, 0) is 11.8 Å². The number of hydrogen-bond acceptors (Lipinski definition) is 3. The molecule has 1 saturated carbocycles. The fourth-order valence-corrected chi connectivity index (χ4v) is 4.62. The van der Waals surface area contributed by atoms with Gasteiger partial charge in [-0.15, -0.1) is 0 Å². The van der Waals surface area contributed by atoms with Crippen LogP contribution < -0.4 is 5.32 Å². The molecule has 1 atom stereocenters. The third kappa shape index (κ3) is 1.74. The van der Waals surface area contributed by atoms with E-state index in [1.54, 1.807) is 6.26 Å². The molecule has 112 valence electrons. The minimum Gasteiger partial charge on any atom is -0.464 e. The van der Waals surface area contributed by atoms with E-state index in [9.17, 15) is 5.11 Å². The van der Waals surface area contributed by atoms with Crippen LogP contribution in [0.25, 0.3) is 11.0 Å². The first kappa shape index (κ1) is 13.4. The fourth-order valence-electron chi connectivity index (χ4n) is 4.62. The maximum Gasteiger partial charge on any atom is 0.134 e. The van der Waals surface area contributed by atoms with Crippen molar-refractivity contribution < 1.29 is 9.52 Å². The molecule has 0 amide bonds. The molecule has 3 nitrogen and oxygen atoms in total. The number of rotatable bonds is 3. The van der Waals surface area contributed by atoms with Gasteiger partial charge in [0.2, 0.25) is 0 Å². The average molecular weight is 285 g/mol. The van der Waals surface area contributed by atoms with Gasteiger partial charge in [-0.1, -0.05) is 19.3 Å². The molecule has 0 radical (unpaired) electrons. The largest absolute Gasteiger partial charge is 0.464 e. The molecule has 0 aliphatic heterocycles. The number of likely N-dealkylation sites (N-methyl/N-ethyl adjacent to an activating group) is 1. The smallest absolute Gasteiger partial charge is 0.134 e. The van der Waals surface area contributed by atoms with Crippen molar-refractivity contribution in [1.29, 1.82) is 0 Å². The summed E-state index contributed by atoms with van der Waals surface area (Å²) in [6.07, 6.45) is 8.09. The molecule has 1 aromatic carbocycles. The molecule has 21 heavy (non-hydrogen) atoms. The summed E-state index contributed by atoms with van der Waals surface area (Å²) in [6, 6.07) is 6.41. The Labute approximate surface area is 125 Å². The fraction of sp³-hybridized carbons (Fsp3) is 0.556. The lowest BCUT2D eigenvalue weighted by Gasteiger charge is -2.56. The Hall–Kier alpha value is -1.32. The summed E-state index contributed by atoms with van der Waals surface area (Å²) in [7, 11) is 1.98. The molecule has 1 fully saturated rings. The third-order valence-electron chi connectivity index (χ3n) is 5.74. The highest BCUT2D eigenvalue weighted by Gasteiger charge is 2.56. The summed E-state index contributed by atoms with van der Waals surface area (Å²) in [5.74, 6) is 0. The van der Waals surface area contributed by atoms with Gasteiger partial charge in [0.05, 0.1) is 11.9 Å². The van der Waals surface area contributed by atoms with Gasteiger partial charge in [-0.3, -0.25) is 0 Å². The van der Waals surface area contributed by atoms with Gasteiger partial charge < -0.3 is 14.8 Å². The number of furan rings is 1. The zero-order chi connectivity index (χ0) is 14.5. The zero-order valence-corrected chi connectivity index (χ0v) is 12.6. The molecule has 2 aliphatic carbocycles. The second-order valence-corrected chi connectivity index (χ2v) is 6.85. The number of nitrogens with one attached hydrogen (secondary N) is 1. The number of hydrogen-bond donors (Lipinski definition) is 2. The Morgan fingerprint density at radius 2 is 2.05 bits per heavy atom. The van der Waals surface area contributed by atoms with Gasteiger partial charge in [-0.05, 0) is 55.6 Å². The van der Waals surface area contributed by atoms with E-state index in [-0.39, 0.29) is 5.41 Å². The quantitative estimate of drug-likeness (QED) is 0.910. The molecule has 2 aliphatic rings. The summed E-state index contributed by atoms with van der Waals surface area (Å²) >= 11 is 0. The van der Waals surface area contributed by atoms with Crippen molar-refractivity contribution in [3.63, 3.8) is 0 Å². The monoisotopic (exact) mass is 285 g/mol. The SMILES string of the molecule is CNCC1(C2(O)CCCCC2)Cc2cc3ccoc3cc21. The van der Waals surface area contributed by atoms with Crippen molar-refractivity contribution in [3.8, 4) is 0 Å². The van der Waals surface area contributed by atoms with Crippen molar-refractivity contribution in [2.75, 3.05) is 13.6 Å². The lowest BCUT2D eigenvalue weighted by atomic mass is 9.52. The standard InChI is InChI=1S/C18H23NO2/c1-19-12-17(18(20)6-3-2-4-7-18)11-14-9-13-5-8-21-16(13)10-15(14)17/h5,8-10,19-20H,2-4,6-7,11-12H2,1H3. The first-order valence-electron chi connectivity index (χ1n) is 8.06. The van der Waals surface area contributed by atoms with Gasteiger partial charge in [-0.2, -0.15) is 0 Å². The van der Waals surface area contributed by atoms with Gasteiger partial charge in [0, 0.05) is 17.3 Å². The lowest BCUT2D eigenvalue weighted by Crippen LogP contribution is -2.63. The van der Waals surface area contributed by atoms with E-state index in [1.807, 2.05) is 13.1 Å². The molecule has 0 spiro atoms. The first-order valence-corrected chi connectivity index (χ1v) is 8.06. The number of aliphatic hydroxyl groups is 1. The molecule has 3 heteroatoms. The van der Waals surface area contributed by atoms with E-state index >= 15 is 0 Å². The summed E-state index contributed by atoms with van der Waals surface area (Å²) in [6.45, 7) is 0.836. The number of fused-ring (bicyclic) bond motifs is 2. The van der Waals surface area contributed by atoms with Crippen molar-refractivity contribution in [2.45, 2.75) is 49.5 Å². The van der Waals surface area contributed by atoms with Crippen LogP contribution in [0.2, 0.25) is 0 Å². The predicted octanol–water partition coefficient (Wildman–Crippen LogP) is 3.14. The van der Waals surface area contributed by atoms with Gasteiger partial charge in [-0.25, -0.2) is 0 Å². The van der Waals surface area contributed by atoms with Crippen LogP contribution in [0.4, 0.5) is 0 Å². The average Bonchev–Trinajstić information content (AvgIpc) is 2.92. The predicted molar refractivity (Wildman–Crippen MR) is 83.6 cm³/mol. The molecule has 0 saturated heterocycles. The lowest BCUT2D eigenvalue weighted by molar-refractivity contribution is -0.0780. The van der Waals surface area contributed by atoms with E-state index < -0.39 is 5.60 Å². The maximum atomic E-state index is 11.4. The van der Waals surface area contributed by atoms with Crippen molar-refractivity contribution in [1.82, 2.24) is 5.32 Å². The van der Waals surface area contributed by atoms with E-state index in [0.29, 0.717) is 0 Å². The van der Waals surface area contributed by atoms with Gasteiger partial charge in [0.25, 0.3) is 0 Å². The second kappa shape index (κ2) is 4.59. The Balaban J connectivity index is 1.82. The zero-order valence-electron chi connectivity index (χ0n) is 12.6. The second-order valence-electron chi connectivity index (χ2n) is 6.85. The van der Waals surface area contributed by atoms with Crippen molar-refractivity contribution in [3.05, 3.63) is 35.6 Å². The normalized spacial score (nSPS) is 27.3. The van der Waals surface area contributed by atoms with Crippen molar-refractivity contribution >= 4 is 11.0 Å². The summed E-state index contributed by atoms with van der Waals surface area (Å²) in [5, 5.41) is 15.9. The minimum absolute atomic E-state index is 0.140. The van der Waals surface area contributed by atoms with Crippen LogP contribution in [0.1, 0.15) is 43.2 Å². The Morgan fingerprint density at radius 3 is 2.81 bits per heavy atom. The highest BCUT2D eigenvalue weighted by Crippen LogP contribution is 2.54. The van der Waals surface area contributed by atoms with Crippen LogP contribution in [-0.4, -0.2) is 24.3 Å². The van der Waals surface area contributed by atoms with Crippen LogP contribution >= 0.6 is 0 Å². The van der Waals surface area contributed by atoms with Gasteiger partial charge >= 0.3 is 0 Å². The van der Waals surface area contributed by atoms with E-state index in [2.05, 4.69) is 17.4 Å². The summed E-state index contributed by atoms with van der Waals surface area (Å²) < 4.78 is 5.58. The molecule has 2 N–H and O–H groups in total. The molecule has 2 aromatic rings. The number of benzene rings is 1. The van der Waals surface area contributed by atoms with Gasteiger partial charge in [0.1, 0.15) is 5.58 Å². The van der Waals surface area contributed by atoms with E-state index in [0.717, 1.165) is 44.2 Å². The molecule has 4 rings (SSSR count). The maximum absolute atomic E-state index is 11.4. The van der Waals surface area contributed by atoms with Crippen LogP contribution in [0.3, 0.4) is 0 Å². The Morgan fingerprint density at radius 1 is 1.24 bits per heavy atom. The van der Waals surface area contributed by atoms with Gasteiger partial charge in [0.15, 0.2) is 0 Å².